The molecule has 0 aliphatic heterocycles. The standard InChI is InChI=1S/C34H24O3/c1-22(35)37-34-30(24-14-6-3-7-15-24)21-26-17-9-11-19-28(26)32(34)31-27-18-10-8-16-25(27)20-29(33(31)36)23-12-4-2-5-13-23/h2-21,36H,1H3. The Bertz CT molecular complexity index is 1770. The molecule has 1 N–H and O–H groups in total. The number of hydrogen-bond acceptors (Lipinski definition) is 3. The van der Waals surface area contributed by atoms with Gasteiger partial charge in [0.2, 0.25) is 0 Å². The third kappa shape index (κ3) is 4.01. The summed E-state index contributed by atoms with van der Waals surface area (Å²) in [7, 11) is 0. The third-order valence-electron chi connectivity index (χ3n) is 6.69. The molecule has 0 aromatic heterocycles. The minimum atomic E-state index is -0.420. The lowest BCUT2D eigenvalue weighted by Crippen LogP contribution is -2.05. The van der Waals surface area contributed by atoms with Crippen molar-refractivity contribution in [3.05, 3.63) is 121 Å². The molecule has 6 aromatic rings. The number of fused-ring (bicyclic) bond motifs is 2. The van der Waals surface area contributed by atoms with Crippen LogP contribution >= 0.6 is 0 Å². The van der Waals surface area contributed by atoms with Crippen LogP contribution in [0.25, 0.3) is 54.9 Å². The van der Waals surface area contributed by atoms with Crippen LogP contribution in [0.4, 0.5) is 0 Å². The fourth-order valence-corrected chi connectivity index (χ4v) is 5.09. The quantitative estimate of drug-likeness (QED) is 0.203. The highest BCUT2D eigenvalue weighted by atomic mass is 16.5. The average molecular weight is 481 g/mol. The maximum Gasteiger partial charge on any atom is 0.308 e. The van der Waals surface area contributed by atoms with Gasteiger partial charge in [0.15, 0.2) is 0 Å². The van der Waals surface area contributed by atoms with Crippen LogP contribution in [0.1, 0.15) is 6.92 Å². The zero-order chi connectivity index (χ0) is 25.4. The van der Waals surface area contributed by atoms with Gasteiger partial charge in [-0.25, -0.2) is 0 Å². The summed E-state index contributed by atoms with van der Waals surface area (Å²) in [5.74, 6) is 0.161. The summed E-state index contributed by atoms with van der Waals surface area (Å²) in [5, 5.41) is 15.7. The number of rotatable bonds is 4. The summed E-state index contributed by atoms with van der Waals surface area (Å²) < 4.78 is 5.99. The number of phenols is 1. The normalized spacial score (nSPS) is 11.1. The largest absolute Gasteiger partial charge is 0.507 e. The van der Waals surface area contributed by atoms with Crippen molar-refractivity contribution in [1.82, 2.24) is 0 Å². The van der Waals surface area contributed by atoms with E-state index in [-0.39, 0.29) is 5.75 Å². The zero-order valence-electron chi connectivity index (χ0n) is 20.3. The first-order chi connectivity index (χ1) is 18.1. The number of ether oxygens (including phenoxy) is 1. The Labute approximate surface area is 215 Å². The van der Waals surface area contributed by atoms with Crippen molar-refractivity contribution in [1.29, 1.82) is 0 Å². The molecule has 6 aromatic carbocycles. The Morgan fingerprint density at radius 1 is 0.595 bits per heavy atom. The van der Waals surface area contributed by atoms with Crippen LogP contribution in [-0.2, 0) is 4.79 Å². The summed E-state index contributed by atoms with van der Waals surface area (Å²) in [5.41, 5.74) is 4.68. The molecule has 0 radical (unpaired) electrons. The summed E-state index contributed by atoms with van der Waals surface area (Å²) in [4.78, 5) is 12.5. The molecule has 3 heteroatoms. The predicted molar refractivity (Wildman–Crippen MR) is 151 cm³/mol. The van der Waals surface area contributed by atoms with Crippen LogP contribution in [0.3, 0.4) is 0 Å². The molecule has 0 bridgehead atoms. The monoisotopic (exact) mass is 480 g/mol. The average Bonchev–Trinajstić information content (AvgIpc) is 2.93. The Morgan fingerprint density at radius 2 is 1.05 bits per heavy atom. The van der Waals surface area contributed by atoms with Gasteiger partial charge in [-0.2, -0.15) is 0 Å². The molecule has 0 heterocycles. The van der Waals surface area contributed by atoms with Crippen LogP contribution in [0, 0.1) is 0 Å². The van der Waals surface area contributed by atoms with Crippen LogP contribution in [0.15, 0.2) is 121 Å². The topological polar surface area (TPSA) is 46.5 Å². The molecule has 0 amide bonds. The Kier molecular flexibility index (Phi) is 5.66. The third-order valence-corrected chi connectivity index (χ3v) is 6.69. The highest BCUT2D eigenvalue weighted by Gasteiger charge is 2.25. The molecule has 178 valence electrons. The van der Waals surface area contributed by atoms with E-state index in [9.17, 15) is 9.90 Å². The molecule has 0 aliphatic rings. The Morgan fingerprint density at radius 3 is 1.62 bits per heavy atom. The summed E-state index contributed by atoms with van der Waals surface area (Å²) in [6, 6.07) is 39.8. The summed E-state index contributed by atoms with van der Waals surface area (Å²) in [6.45, 7) is 1.41. The van der Waals surface area contributed by atoms with Gasteiger partial charge in [-0.05, 0) is 44.8 Å². The molecular formula is C34H24O3. The van der Waals surface area contributed by atoms with Gasteiger partial charge in [-0.1, -0.05) is 109 Å². The van der Waals surface area contributed by atoms with Crippen molar-refractivity contribution in [3.63, 3.8) is 0 Å². The second-order valence-corrected chi connectivity index (χ2v) is 9.04. The highest BCUT2D eigenvalue weighted by molar-refractivity contribution is 6.14. The van der Waals surface area contributed by atoms with E-state index in [0.29, 0.717) is 16.9 Å². The first-order valence-electron chi connectivity index (χ1n) is 12.2. The van der Waals surface area contributed by atoms with E-state index < -0.39 is 5.97 Å². The van der Waals surface area contributed by atoms with Gasteiger partial charge in [0.05, 0.1) is 0 Å². The molecule has 3 nitrogen and oxygen atoms in total. The smallest absolute Gasteiger partial charge is 0.308 e. The van der Waals surface area contributed by atoms with Gasteiger partial charge >= 0.3 is 5.97 Å². The zero-order valence-corrected chi connectivity index (χ0v) is 20.3. The lowest BCUT2D eigenvalue weighted by Gasteiger charge is -2.21. The van der Waals surface area contributed by atoms with Gasteiger partial charge in [0, 0.05) is 29.2 Å². The van der Waals surface area contributed by atoms with E-state index in [1.807, 2.05) is 121 Å². The number of hydrogen-bond donors (Lipinski definition) is 1. The number of benzene rings is 6. The molecule has 0 unspecified atom stereocenters. The van der Waals surface area contributed by atoms with Gasteiger partial charge in [-0.15, -0.1) is 0 Å². The number of phenolic OH excluding ortho intramolecular Hbond substituents is 1. The molecular weight excluding hydrogens is 456 g/mol. The van der Waals surface area contributed by atoms with Crippen molar-refractivity contribution < 1.29 is 14.6 Å². The maximum absolute atomic E-state index is 12.5. The molecule has 0 saturated carbocycles. The van der Waals surface area contributed by atoms with Crippen LogP contribution in [0.5, 0.6) is 11.5 Å². The van der Waals surface area contributed by atoms with Gasteiger partial charge in [0.25, 0.3) is 0 Å². The van der Waals surface area contributed by atoms with E-state index in [4.69, 9.17) is 4.74 Å². The Hall–Kier alpha value is -4.89. The second-order valence-electron chi connectivity index (χ2n) is 9.04. The molecule has 6 rings (SSSR count). The van der Waals surface area contributed by atoms with E-state index in [1.54, 1.807) is 0 Å². The lowest BCUT2D eigenvalue weighted by molar-refractivity contribution is -0.131. The molecule has 0 aliphatic carbocycles. The number of aromatic hydroxyl groups is 1. The van der Waals surface area contributed by atoms with Gasteiger partial charge in [-0.3, -0.25) is 4.79 Å². The van der Waals surface area contributed by atoms with Crippen LogP contribution in [-0.4, -0.2) is 11.1 Å². The van der Waals surface area contributed by atoms with Crippen molar-refractivity contribution in [2.75, 3.05) is 0 Å². The van der Waals surface area contributed by atoms with E-state index in [1.165, 1.54) is 6.92 Å². The van der Waals surface area contributed by atoms with Crippen LogP contribution in [0.2, 0.25) is 0 Å². The number of esters is 1. The molecule has 37 heavy (non-hydrogen) atoms. The first kappa shape index (κ1) is 22.6. The van der Waals surface area contributed by atoms with Crippen molar-refractivity contribution in [2.45, 2.75) is 6.92 Å². The van der Waals surface area contributed by atoms with Crippen molar-refractivity contribution >= 4 is 27.5 Å². The van der Waals surface area contributed by atoms with Crippen LogP contribution < -0.4 is 4.74 Å². The van der Waals surface area contributed by atoms with E-state index >= 15 is 0 Å². The number of carbonyl (C=O) groups is 1. The molecule has 0 atom stereocenters. The van der Waals surface area contributed by atoms with Gasteiger partial charge < -0.3 is 9.84 Å². The minimum Gasteiger partial charge on any atom is -0.507 e. The summed E-state index contributed by atoms with van der Waals surface area (Å²) in [6.07, 6.45) is 0. The number of carbonyl (C=O) groups excluding carboxylic acids is 1. The Balaban J connectivity index is 1.82. The van der Waals surface area contributed by atoms with E-state index in [2.05, 4.69) is 0 Å². The fraction of sp³-hybridized carbons (Fsp3) is 0.0294. The van der Waals surface area contributed by atoms with Crippen molar-refractivity contribution in [2.24, 2.45) is 0 Å². The molecule has 0 spiro atoms. The second kappa shape index (κ2) is 9.29. The minimum absolute atomic E-state index is 0.147. The fourth-order valence-electron chi connectivity index (χ4n) is 5.09. The highest BCUT2D eigenvalue weighted by Crippen LogP contribution is 2.51. The van der Waals surface area contributed by atoms with Crippen molar-refractivity contribution in [3.8, 4) is 44.9 Å². The maximum atomic E-state index is 12.5. The SMILES string of the molecule is CC(=O)Oc1c(-c2ccccc2)cc2ccccc2c1-c1c(O)c(-c2ccccc2)cc2ccccc12. The molecule has 0 saturated heterocycles. The predicted octanol–water partition coefficient (Wildman–Crippen LogP) is 8.62. The van der Waals surface area contributed by atoms with E-state index in [0.717, 1.165) is 43.8 Å². The summed E-state index contributed by atoms with van der Waals surface area (Å²) >= 11 is 0. The lowest BCUT2D eigenvalue weighted by atomic mass is 9.86. The van der Waals surface area contributed by atoms with Gasteiger partial charge in [0.1, 0.15) is 11.5 Å². The molecule has 0 fully saturated rings. The first-order valence-corrected chi connectivity index (χ1v) is 12.2.